The summed E-state index contributed by atoms with van der Waals surface area (Å²) < 4.78 is 2.11. The molecule has 0 radical (unpaired) electrons. The summed E-state index contributed by atoms with van der Waals surface area (Å²) in [6.07, 6.45) is 8.81. The van der Waals surface area contributed by atoms with Crippen molar-refractivity contribution in [3.63, 3.8) is 0 Å². The molecule has 0 unspecified atom stereocenters. The zero-order valence-electron chi connectivity index (χ0n) is 15.1. The molecule has 2 fully saturated rings. The molecule has 5 nitrogen and oxygen atoms in total. The third kappa shape index (κ3) is 3.63. The lowest BCUT2D eigenvalue weighted by Gasteiger charge is -2.09. The summed E-state index contributed by atoms with van der Waals surface area (Å²) in [5.41, 5.74) is 5.41. The van der Waals surface area contributed by atoms with E-state index in [-0.39, 0.29) is 5.91 Å². The van der Waals surface area contributed by atoms with Crippen molar-refractivity contribution >= 4 is 11.6 Å². The molecule has 2 heterocycles. The summed E-state index contributed by atoms with van der Waals surface area (Å²) in [5.74, 6) is 1.29. The summed E-state index contributed by atoms with van der Waals surface area (Å²) in [5, 5.41) is 7.84. The molecule has 0 spiro atoms. The number of nitrogens with one attached hydrogen (secondary N) is 1. The molecular weight excluding hydrogens is 336 g/mol. The van der Waals surface area contributed by atoms with Gasteiger partial charge in [0.05, 0.1) is 17.8 Å². The van der Waals surface area contributed by atoms with Crippen molar-refractivity contribution in [3.8, 4) is 5.69 Å². The summed E-state index contributed by atoms with van der Waals surface area (Å²) in [4.78, 5) is 16.2. The molecular formula is C22H22N4O. The number of pyridine rings is 1. The Morgan fingerprint density at radius 3 is 2.37 bits per heavy atom. The fourth-order valence-corrected chi connectivity index (χ4v) is 3.45. The van der Waals surface area contributed by atoms with E-state index in [4.69, 9.17) is 5.10 Å². The number of anilines is 1. The van der Waals surface area contributed by atoms with E-state index in [1.165, 1.54) is 37.1 Å². The molecule has 2 aliphatic rings. The van der Waals surface area contributed by atoms with Crippen LogP contribution in [0.3, 0.4) is 0 Å². The maximum atomic E-state index is 12.2. The number of benzene rings is 1. The van der Waals surface area contributed by atoms with Crippen LogP contribution in [0.4, 0.5) is 5.69 Å². The van der Waals surface area contributed by atoms with Gasteiger partial charge in [-0.1, -0.05) is 0 Å². The predicted molar refractivity (Wildman–Crippen MR) is 104 cm³/mol. The quantitative estimate of drug-likeness (QED) is 0.718. The summed E-state index contributed by atoms with van der Waals surface area (Å²) in [6, 6.07) is 14.0. The molecule has 3 aromatic rings. The van der Waals surface area contributed by atoms with E-state index < -0.39 is 0 Å². The Hall–Kier alpha value is -2.95. The normalized spacial score (nSPS) is 16.3. The number of rotatable bonds is 6. The molecule has 0 saturated heterocycles. The first-order valence-electron chi connectivity index (χ1n) is 9.65. The van der Waals surface area contributed by atoms with E-state index in [9.17, 15) is 4.79 Å². The van der Waals surface area contributed by atoms with E-state index in [0.29, 0.717) is 18.3 Å². The van der Waals surface area contributed by atoms with E-state index in [1.807, 2.05) is 36.4 Å². The van der Waals surface area contributed by atoms with Gasteiger partial charge < -0.3 is 5.32 Å². The van der Waals surface area contributed by atoms with Gasteiger partial charge in [-0.15, -0.1) is 0 Å². The molecule has 0 aliphatic heterocycles. The highest BCUT2D eigenvalue weighted by atomic mass is 16.1. The SMILES string of the molecule is O=C(Cc1ccncc1)Nc1ccc(-n2nc(C3CC3)cc2C2CC2)cc1. The van der Waals surface area contributed by atoms with Crippen LogP contribution in [0.15, 0.2) is 54.9 Å². The standard InChI is InChI=1S/C22H22N4O/c27-22(13-15-9-11-23-12-10-15)24-18-5-7-19(8-6-18)26-21(17-3-4-17)14-20(25-26)16-1-2-16/h5-12,14,16-17H,1-4,13H2,(H,24,27). The van der Waals surface area contributed by atoms with Gasteiger partial charge in [-0.25, -0.2) is 4.68 Å². The van der Waals surface area contributed by atoms with Gasteiger partial charge in [0, 0.05) is 35.6 Å². The summed E-state index contributed by atoms with van der Waals surface area (Å²) >= 11 is 0. The Labute approximate surface area is 158 Å². The number of amides is 1. The van der Waals surface area contributed by atoms with Crippen molar-refractivity contribution in [2.24, 2.45) is 0 Å². The Bertz CT molecular complexity index is 954. The zero-order chi connectivity index (χ0) is 18.2. The minimum absolute atomic E-state index is 0.0253. The molecule has 2 aromatic heterocycles. The van der Waals surface area contributed by atoms with E-state index >= 15 is 0 Å². The third-order valence-electron chi connectivity index (χ3n) is 5.26. The molecule has 27 heavy (non-hydrogen) atoms. The average molecular weight is 358 g/mol. The Kier molecular flexibility index (Phi) is 4.00. The molecule has 1 aromatic carbocycles. The molecule has 5 rings (SSSR count). The van der Waals surface area contributed by atoms with Crippen LogP contribution in [0.25, 0.3) is 5.69 Å². The van der Waals surface area contributed by atoms with Crippen molar-refractivity contribution in [3.05, 3.63) is 71.8 Å². The van der Waals surface area contributed by atoms with Gasteiger partial charge in [-0.3, -0.25) is 9.78 Å². The molecule has 0 bridgehead atoms. The summed E-state index contributed by atoms with van der Waals surface area (Å²) in [6.45, 7) is 0. The first-order chi connectivity index (χ1) is 13.3. The minimum atomic E-state index is -0.0253. The predicted octanol–water partition coefficient (Wildman–Crippen LogP) is 4.20. The number of hydrogen-bond donors (Lipinski definition) is 1. The van der Waals surface area contributed by atoms with Crippen molar-refractivity contribution in [2.45, 2.75) is 43.9 Å². The highest BCUT2D eigenvalue weighted by molar-refractivity contribution is 5.92. The van der Waals surface area contributed by atoms with Crippen molar-refractivity contribution in [1.29, 1.82) is 0 Å². The van der Waals surface area contributed by atoms with Crippen LogP contribution in [0.5, 0.6) is 0 Å². The Balaban J connectivity index is 1.31. The van der Waals surface area contributed by atoms with Crippen LogP contribution in [-0.4, -0.2) is 20.7 Å². The van der Waals surface area contributed by atoms with Crippen molar-refractivity contribution in [2.75, 3.05) is 5.32 Å². The molecule has 2 aliphatic carbocycles. The molecule has 2 saturated carbocycles. The number of nitrogens with zero attached hydrogens (tertiary/aromatic N) is 3. The van der Waals surface area contributed by atoms with E-state index in [1.54, 1.807) is 12.4 Å². The van der Waals surface area contributed by atoms with Gasteiger partial charge in [-0.05, 0) is 73.7 Å². The maximum Gasteiger partial charge on any atom is 0.228 e. The second-order valence-electron chi connectivity index (χ2n) is 7.58. The van der Waals surface area contributed by atoms with Crippen LogP contribution < -0.4 is 5.32 Å². The van der Waals surface area contributed by atoms with Gasteiger partial charge in [0.25, 0.3) is 0 Å². The minimum Gasteiger partial charge on any atom is -0.326 e. The lowest BCUT2D eigenvalue weighted by molar-refractivity contribution is -0.115. The Morgan fingerprint density at radius 1 is 1.00 bits per heavy atom. The van der Waals surface area contributed by atoms with Gasteiger partial charge >= 0.3 is 0 Å². The van der Waals surface area contributed by atoms with Crippen LogP contribution in [0, 0.1) is 0 Å². The summed E-state index contributed by atoms with van der Waals surface area (Å²) in [7, 11) is 0. The van der Waals surface area contributed by atoms with Crippen molar-refractivity contribution in [1.82, 2.24) is 14.8 Å². The van der Waals surface area contributed by atoms with E-state index in [0.717, 1.165) is 16.9 Å². The van der Waals surface area contributed by atoms with Gasteiger partial charge in [0.15, 0.2) is 0 Å². The van der Waals surface area contributed by atoms with Gasteiger partial charge in [0.1, 0.15) is 0 Å². The van der Waals surface area contributed by atoms with Crippen LogP contribution in [-0.2, 0) is 11.2 Å². The zero-order valence-corrected chi connectivity index (χ0v) is 15.1. The molecule has 1 N–H and O–H groups in total. The number of aromatic nitrogens is 3. The Morgan fingerprint density at radius 2 is 1.70 bits per heavy atom. The molecule has 5 heteroatoms. The molecule has 0 atom stereocenters. The van der Waals surface area contributed by atoms with Crippen LogP contribution in [0.2, 0.25) is 0 Å². The average Bonchev–Trinajstić information content (AvgIpc) is 3.62. The number of carbonyl (C=O) groups is 1. The lowest BCUT2D eigenvalue weighted by atomic mass is 10.2. The van der Waals surface area contributed by atoms with E-state index in [2.05, 4.69) is 21.0 Å². The highest BCUT2D eigenvalue weighted by Gasteiger charge is 2.32. The molecule has 1 amide bonds. The highest BCUT2D eigenvalue weighted by Crippen LogP contribution is 2.45. The van der Waals surface area contributed by atoms with Crippen molar-refractivity contribution < 1.29 is 4.79 Å². The third-order valence-corrected chi connectivity index (χ3v) is 5.26. The first-order valence-corrected chi connectivity index (χ1v) is 9.65. The second-order valence-corrected chi connectivity index (χ2v) is 7.58. The molecule has 136 valence electrons. The van der Waals surface area contributed by atoms with Gasteiger partial charge in [0.2, 0.25) is 5.91 Å². The topological polar surface area (TPSA) is 59.8 Å². The maximum absolute atomic E-state index is 12.2. The number of hydrogen-bond acceptors (Lipinski definition) is 3. The lowest BCUT2D eigenvalue weighted by Crippen LogP contribution is -2.14. The monoisotopic (exact) mass is 358 g/mol. The van der Waals surface area contributed by atoms with Gasteiger partial charge in [-0.2, -0.15) is 5.10 Å². The fraction of sp³-hybridized carbons (Fsp3) is 0.318. The first kappa shape index (κ1) is 16.2. The van der Waals surface area contributed by atoms with Crippen LogP contribution >= 0.6 is 0 Å². The largest absolute Gasteiger partial charge is 0.326 e. The fourth-order valence-electron chi connectivity index (χ4n) is 3.45. The number of carbonyl (C=O) groups excluding carboxylic acids is 1. The van der Waals surface area contributed by atoms with Crippen LogP contribution in [0.1, 0.15) is 54.5 Å². The second kappa shape index (κ2) is 6.65. The smallest absolute Gasteiger partial charge is 0.228 e.